The summed E-state index contributed by atoms with van der Waals surface area (Å²) in [7, 11) is 1.85. The number of rotatable bonds is 4. The molecule has 0 aliphatic heterocycles. The molecule has 1 N–H and O–H groups in total. The first-order chi connectivity index (χ1) is 10.3. The molecule has 1 aromatic rings. The smallest absolute Gasteiger partial charge is 0.0572 e. The van der Waals surface area contributed by atoms with Crippen molar-refractivity contribution in [2.75, 3.05) is 7.11 Å². The molecule has 0 atom stereocenters. The topological polar surface area (TPSA) is 21.3 Å². The molecule has 2 fully saturated rings. The highest BCUT2D eigenvalue weighted by Crippen LogP contribution is 2.33. The first kappa shape index (κ1) is 15.1. The van der Waals surface area contributed by atoms with Gasteiger partial charge in [0.15, 0.2) is 0 Å². The van der Waals surface area contributed by atoms with Gasteiger partial charge in [0.25, 0.3) is 0 Å². The fraction of sp³-hybridized carbons (Fsp3) is 0.684. The zero-order chi connectivity index (χ0) is 14.5. The molecule has 0 heterocycles. The average molecular weight is 287 g/mol. The van der Waals surface area contributed by atoms with Crippen molar-refractivity contribution in [1.82, 2.24) is 5.32 Å². The molecule has 2 saturated carbocycles. The monoisotopic (exact) mass is 287 g/mol. The van der Waals surface area contributed by atoms with Gasteiger partial charge in [0.1, 0.15) is 0 Å². The normalized spacial score (nSPS) is 33.8. The molecule has 116 valence electrons. The van der Waals surface area contributed by atoms with Gasteiger partial charge < -0.3 is 10.1 Å². The molecule has 0 saturated heterocycles. The predicted molar refractivity (Wildman–Crippen MR) is 87.6 cm³/mol. The summed E-state index contributed by atoms with van der Waals surface area (Å²) in [6.07, 6.45) is 10.9. The molecule has 2 nitrogen and oxygen atoms in total. The molecule has 3 rings (SSSR count). The van der Waals surface area contributed by atoms with Crippen LogP contribution < -0.4 is 5.32 Å². The van der Waals surface area contributed by atoms with Crippen LogP contribution >= 0.6 is 0 Å². The molecule has 2 heteroatoms. The molecule has 0 bridgehead atoms. The maximum Gasteiger partial charge on any atom is 0.0572 e. The van der Waals surface area contributed by atoms with Crippen LogP contribution in [0.15, 0.2) is 30.3 Å². The molecule has 2 aliphatic rings. The predicted octanol–water partition coefficient (Wildman–Crippen LogP) is 4.26. The molecule has 0 spiro atoms. The van der Waals surface area contributed by atoms with Gasteiger partial charge in [-0.3, -0.25) is 0 Å². The van der Waals surface area contributed by atoms with Crippen molar-refractivity contribution in [2.45, 2.75) is 75.5 Å². The Morgan fingerprint density at radius 3 is 1.95 bits per heavy atom. The van der Waals surface area contributed by atoms with Crippen LogP contribution in [0.1, 0.15) is 62.8 Å². The lowest BCUT2D eigenvalue weighted by Gasteiger charge is -2.35. The van der Waals surface area contributed by atoms with Gasteiger partial charge in [-0.1, -0.05) is 30.3 Å². The van der Waals surface area contributed by atoms with Crippen molar-refractivity contribution >= 4 is 0 Å². The van der Waals surface area contributed by atoms with Crippen LogP contribution in [-0.4, -0.2) is 25.3 Å². The summed E-state index contributed by atoms with van der Waals surface area (Å²) in [5.41, 5.74) is 1.54. The van der Waals surface area contributed by atoms with Crippen LogP contribution in [0.3, 0.4) is 0 Å². The first-order valence-corrected chi connectivity index (χ1v) is 8.69. The van der Waals surface area contributed by atoms with Crippen LogP contribution in [0.25, 0.3) is 0 Å². The fourth-order valence-corrected chi connectivity index (χ4v) is 4.12. The quantitative estimate of drug-likeness (QED) is 0.893. The highest BCUT2D eigenvalue weighted by Gasteiger charge is 2.26. The van der Waals surface area contributed by atoms with Crippen molar-refractivity contribution in [1.29, 1.82) is 0 Å². The Labute approximate surface area is 129 Å². The van der Waals surface area contributed by atoms with Gasteiger partial charge in [0, 0.05) is 19.2 Å². The number of benzene rings is 1. The second-order valence-corrected chi connectivity index (χ2v) is 6.84. The number of ether oxygens (including phenoxy) is 1. The maximum atomic E-state index is 5.46. The van der Waals surface area contributed by atoms with E-state index in [9.17, 15) is 0 Å². The Balaban J connectivity index is 1.42. The van der Waals surface area contributed by atoms with E-state index in [2.05, 4.69) is 35.6 Å². The van der Waals surface area contributed by atoms with Gasteiger partial charge in [0.2, 0.25) is 0 Å². The standard InChI is InChI=1S/C19H29NO/c1-21-19-13-11-18(12-14-19)20-17-9-7-16(8-10-17)15-5-3-2-4-6-15/h2-6,16-20H,7-14H2,1H3. The maximum absolute atomic E-state index is 5.46. The zero-order valence-electron chi connectivity index (χ0n) is 13.3. The Kier molecular flexibility index (Phi) is 5.32. The van der Waals surface area contributed by atoms with Crippen LogP contribution in [0.5, 0.6) is 0 Å². The lowest BCUT2D eigenvalue weighted by atomic mass is 9.81. The van der Waals surface area contributed by atoms with Crippen LogP contribution in [0.4, 0.5) is 0 Å². The van der Waals surface area contributed by atoms with Crippen molar-refractivity contribution in [3.05, 3.63) is 35.9 Å². The zero-order valence-corrected chi connectivity index (χ0v) is 13.3. The summed E-state index contributed by atoms with van der Waals surface area (Å²) < 4.78 is 5.46. The Bertz CT molecular complexity index is 403. The summed E-state index contributed by atoms with van der Waals surface area (Å²) in [6, 6.07) is 12.5. The summed E-state index contributed by atoms with van der Waals surface area (Å²) >= 11 is 0. The summed E-state index contributed by atoms with van der Waals surface area (Å²) in [5.74, 6) is 0.786. The number of nitrogens with one attached hydrogen (secondary N) is 1. The van der Waals surface area contributed by atoms with Gasteiger partial charge in [0.05, 0.1) is 6.10 Å². The minimum Gasteiger partial charge on any atom is -0.381 e. The molecule has 0 aromatic heterocycles. The van der Waals surface area contributed by atoms with E-state index in [1.165, 1.54) is 56.9 Å². The lowest BCUT2D eigenvalue weighted by molar-refractivity contribution is 0.0602. The largest absolute Gasteiger partial charge is 0.381 e. The Morgan fingerprint density at radius 2 is 1.38 bits per heavy atom. The SMILES string of the molecule is COC1CCC(NC2CCC(c3ccccc3)CC2)CC1. The minimum absolute atomic E-state index is 0.511. The van der Waals surface area contributed by atoms with Gasteiger partial charge >= 0.3 is 0 Å². The molecule has 0 radical (unpaired) electrons. The van der Waals surface area contributed by atoms with E-state index in [4.69, 9.17) is 4.74 Å². The third kappa shape index (κ3) is 4.08. The third-order valence-corrected chi connectivity index (χ3v) is 5.48. The first-order valence-electron chi connectivity index (χ1n) is 8.69. The average Bonchev–Trinajstić information content (AvgIpc) is 2.57. The van der Waals surface area contributed by atoms with E-state index in [1.54, 1.807) is 0 Å². The van der Waals surface area contributed by atoms with Gasteiger partial charge in [-0.05, 0) is 62.8 Å². The number of methoxy groups -OCH3 is 1. The number of hydrogen-bond acceptors (Lipinski definition) is 2. The van der Waals surface area contributed by atoms with Crippen LogP contribution in [0.2, 0.25) is 0 Å². The van der Waals surface area contributed by atoms with Gasteiger partial charge in [-0.15, -0.1) is 0 Å². The van der Waals surface area contributed by atoms with E-state index >= 15 is 0 Å². The van der Waals surface area contributed by atoms with Crippen LogP contribution in [-0.2, 0) is 4.74 Å². The molecule has 0 amide bonds. The Hall–Kier alpha value is -0.860. The molecule has 0 unspecified atom stereocenters. The molecule has 1 aromatic carbocycles. The van der Waals surface area contributed by atoms with Crippen molar-refractivity contribution in [3.63, 3.8) is 0 Å². The summed E-state index contributed by atoms with van der Waals surface area (Å²) in [4.78, 5) is 0. The highest BCUT2D eigenvalue weighted by atomic mass is 16.5. The number of hydrogen-bond donors (Lipinski definition) is 1. The molecular formula is C19H29NO. The summed E-state index contributed by atoms with van der Waals surface area (Å²) in [5, 5.41) is 3.92. The van der Waals surface area contributed by atoms with Crippen molar-refractivity contribution in [3.8, 4) is 0 Å². The van der Waals surface area contributed by atoms with Crippen LogP contribution in [0, 0.1) is 0 Å². The Morgan fingerprint density at radius 1 is 0.810 bits per heavy atom. The highest BCUT2D eigenvalue weighted by molar-refractivity contribution is 5.20. The van der Waals surface area contributed by atoms with Gasteiger partial charge in [-0.25, -0.2) is 0 Å². The van der Waals surface area contributed by atoms with Crippen molar-refractivity contribution < 1.29 is 4.74 Å². The minimum atomic E-state index is 0.511. The molecule has 21 heavy (non-hydrogen) atoms. The van der Waals surface area contributed by atoms with Gasteiger partial charge in [-0.2, -0.15) is 0 Å². The van der Waals surface area contributed by atoms with E-state index < -0.39 is 0 Å². The molecule has 2 aliphatic carbocycles. The van der Waals surface area contributed by atoms with E-state index in [-0.39, 0.29) is 0 Å². The van der Waals surface area contributed by atoms with E-state index in [0.29, 0.717) is 6.10 Å². The lowest BCUT2D eigenvalue weighted by Crippen LogP contribution is -2.42. The van der Waals surface area contributed by atoms with E-state index in [0.717, 1.165) is 18.0 Å². The third-order valence-electron chi connectivity index (χ3n) is 5.48. The summed E-state index contributed by atoms with van der Waals surface area (Å²) in [6.45, 7) is 0. The second kappa shape index (κ2) is 7.42. The fourth-order valence-electron chi connectivity index (χ4n) is 4.12. The van der Waals surface area contributed by atoms with E-state index in [1.807, 2.05) is 7.11 Å². The second-order valence-electron chi connectivity index (χ2n) is 6.84. The van der Waals surface area contributed by atoms with Crippen molar-refractivity contribution in [2.24, 2.45) is 0 Å². The molecular weight excluding hydrogens is 258 g/mol.